The molecule has 0 aliphatic rings. The van der Waals surface area contributed by atoms with Crippen LogP contribution in [-0.2, 0) is 9.53 Å². The summed E-state index contributed by atoms with van der Waals surface area (Å²) in [6.45, 7) is 1.43. The summed E-state index contributed by atoms with van der Waals surface area (Å²) in [4.78, 5) is 24.2. The molecule has 0 bridgehead atoms. The number of esters is 1. The van der Waals surface area contributed by atoms with E-state index in [0.717, 1.165) is 5.56 Å². The second-order valence-electron chi connectivity index (χ2n) is 6.33. The molecule has 3 aromatic rings. The van der Waals surface area contributed by atoms with E-state index in [9.17, 15) is 9.59 Å². The molecule has 0 radical (unpaired) electrons. The Labute approximate surface area is 174 Å². The molecule has 1 N–H and O–H groups in total. The predicted octanol–water partition coefficient (Wildman–Crippen LogP) is 5.17. The van der Waals surface area contributed by atoms with E-state index < -0.39 is 11.9 Å². The molecule has 3 aromatic carbocycles. The molecule has 29 heavy (non-hydrogen) atoms. The molecule has 0 saturated heterocycles. The van der Waals surface area contributed by atoms with Crippen molar-refractivity contribution in [2.45, 2.75) is 13.0 Å². The minimum atomic E-state index is -0.586. The molecule has 148 valence electrons. The van der Waals surface area contributed by atoms with Crippen LogP contribution in [0.15, 0.2) is 78.9 Å². The van der Waals surface area contributed by atoms with Crippen molar-refractivity contribution >= 4 is 23.5 Å². The number of carbonyl (C=O) groups is 2. The number of nitrogens with one attached hydrogen (secondary N) is 1. The Hall–Kier alpha value is -3.31. The van der Waals surface area contributed by atoms with Gasteiger partial charge in [-0.05, 0) is 55.0 Å². The van der Waals surface area contributed by atoms with Gasteiger partial charge in [-0.15, -0.1) is 0 Å². The van der Waals surface area contributed by atoms with Gasteiger partial charge in [-0.1, -0.05) is 48.0 Å². The van der Waals surface area contributed by atoms with Gasteiger partial charge in [0.15, 0.2) is 6.61 Å². The second kappa shape index (κ2) is 9.75. The maximum absolute atomic E-state index is 12.2. The van der Waals surface area contributed by atoms with Gasteiger partial charge < -0.3 is 14.8 Å². The first-order chi connectivity index (χ1) is 14.0. The highest BCUT2D eigenvalue weighted by Crippen LogP contribution is 2.22. The Morgan fingerprint density at radius 2 is 1.52 bits per heavy atom. The Morgan fingerprint density at radius 1 is 0.897 bits per heavy atom. The third kappa shape index (κ3) is 5.83. The fourth-order valence-corrected chi connectivity index (χ4v) is 2.98. The zero-order chi connectivity index (χ0) is 20.6. The van der Waals surface area contributed by atoms with Gasteiger partial charge in [0.2, 0.25) is 0 Å². The average molecular weight is 410 g/mol. The summed E-state index contributed by atoms with van der Waals surface area (Å²) in [5, 5.41) is 3.32. The number of benzene rings is 3. The monoisotopic (exact) mass is 409 g/mol. The topological polar surface area (TPSA) is 64.6 Å². The molecule has 6 heteroatoms. The number of hydrogen-bond donors (Lipinski definition) is 1. The highest BCUT2D eigenvalue weighted by molar-refractivity contribution is 6.31. The van der Waals surface area contributed by atoms with Gasteiger partial charge in [-0.3, -0.25) is 4.79 Å². The average Bonchev–Trinajstić information content (AvgIpc) is 2.73. The van der Waals surface area contributed by atoms with Crippen molar-refractivity contribution in [3.63, 3.8) is 0 Å². The fraction of sp³-hybridized carbons (Fsp3) is 0.130. The van der Waals surface area contributed by atoms with E-state index in [0.29, 0.717) is 22.1 Å². The van der Waals surface area contributed by atoms with Gasteiger partial charge in [-0.2, -0.15) is 0 Å². The minimum absolute atomic E-state index is 0.302. The Balaban J connectivity index is 1.50. The maximum atomic E-state index is 12.2. The summed E-state index contributed by atoms with van der Waals surface area (Å²) < 4.78 is 10.8. The van der Waals surface area contributed by atoms with E-state index in [1.807, 2.05) is 55.5 Å². The van der Waals surface area contributed by atoms with Gasteiger partial charge in [0.05, 0.1) is 11.6 Å². The molecule has 0 saturated carbocycles. The summed E-state index contributed by atoms with van der Waals surface area (Å²) in [6, 6.07) is 22.8. The number of hydrogen-bond acceptors (Lipinski definition) is 4. The van der Waals surface area contributed by atoms with E-state index in [1.54, 1.807) is 30.3 Å². The molecule has 5 nitrogen and oxygen atoms in total. The molecule has 0 spiro atoms. The highest BCUT2D eigenvalue weighted by atomic mass is 35.5. The van der Waals surface area contributed by atoms with Gasteiger partial charge in [-0.25, -0.2) is 4.79 Å². The van der Waals surface area contributed by atoms with Gasteiger partial charge >= 0.3 is 5.97 Å². The fourth-order valence-electron chi connectivity index (χ4n) is 2.69. The predicted molar refractivity (Wildman–Crippen MR) is 111 cm³/mol. The van der Waals surface area contributed by atoms with Crippen LogP contribution < -0.4 is 10.1 Å². The van der Waals surface area contributed by atoms with Gasteiger partial charge in [0, 0.05) is 5.02 Å². The van der Waals surface area contributed by atoms with Crippen molar-refractivity contribution in [2.24, 2.45) is 0 Å². The molecule has 0 aliphatic carbocycles. The first-order valence-corrected chi connectivity index (χ1v) is 9.44. The summed E-state index contributed by atoms with van der Waals surface area (Å²) in [6.07, 6.45) is 0. The zero-order valence-corrected chi connectivity index (χ0v) is 16.6. The number of halogens is 1. The Morgan fingerprint density at radius 3 is 2.21 bits per heavy atom. The van der Waals surface area contributed by atoms with Crippen molar-refractivity contribution < 1.29 is 19.1 Å². The first-order valence-electron chi connectivity index (χ1n) is 9.07. The molecular formula is C23H20ClNO4. The molecule has 3 rings (SSSR count). The third-order valence-electron chi connectivity index (χ3n) is 4.15. The molecule has 0 heterocycles. The Bertz CT molecular complexity index is 974. The number of ether oxygens (including phenoxy) is 2. The van der Waals surface area contributed by atoms with Crippen LogP contribution in [0.2, 0.25) is 5.02 Å². The van der Waals surface area contributed by atoms with E-state index in [1.165, 1.54) is 0 Å². The maximum Gasteiger partial charge on any atom is 0.338 e. The summed E-state index contributed by atoms with van der Waals surface area (Å²) in [5.74, 6) is 0.304. The first kappa shape index (κ1) is 20.4. The number of amides is 1. The van der Waals surface area contributed by atoms with Crippen LogP contribution >= 0.6 is 11.6 Å². The lowest BCUT2D eigenvalue weighted by atomic mass is 10.1. The van der Waals surface area contributed by atoms with Crippen molar-refractivity contribution in [3.8, 4) is 11.5 Å². The van der Waals surface area contributed by atoms with Crippen LogP contribution in [0, 0.1) is 0 Å². The van der Waals surface area contributed by atoms with Gasteiger partial charge in [0.25, 0.3) is 5.91 Å². The van der Waals surface area contributed by atoms with E-state index in [2.05, 4.69) is 5.32 Å². The lowest BCUT2D eigenvalue weighted by molar-refractivity contribution is -0.124. The summed E-state index contributed by atoms with van der Waals surface area (Å²) >= 11 is 6.13. The highest BCUT2D eigenvalue weighted by Gasteiger charge is 2.15. The quantitative estimate of drug-likeness (QED) is 0.547. The zero-order valence-electron chi connectivity index (χ0n) is 15.8. The van der Waals surface area contributed by atoms with Gasteiger partial charge in [0.1, 0.15) is 11.5 Å². The molecule has 0 aromatic heterocycles. The smallest absolute Gasteiger partial charge is 0.338 e. The number of carbonyl (C=O) groups excluding carboxylic acids is 2. The summed E-state index contributed by atoms with van der Waals surface area (Å²) in [5.41, 5.74) is 1.13. The molecule has 1 amide bonds. The SMILES string of the molecule is C[C@@H](NC(=O)COC(=O)c1ccc(Oc2ccccc2)cc1)c1ccccc1Cl. The molecule has 0 aliphatic heterocycles. The van der Waals surface area contributed by atoms with Crippen molar-refractivity contribution in [3.05, 3.63) is 95.0 Å². The summed E-state index contributed by atoms with van der Waals surface area (Å²) in [7, 11) is 0. The van der Waals surface area contributed by atoms with E-state index in [-0.39, 0.29) is 12.6 Å². The van der Waals surface area contributed by atoms with Crippen LogP contribution in [0.3, 0.4) is 0 Å². The normalized spacial score (nSPS) is 11.4. The second-order valence-corrected chi connectivity index (χ2v) is 6.73. The molecule has 1 atom stereocenters. The van der Waals surface area contributed by atoms with Crippen LogP contribution in [0.4, 0.5) is 0 Å². The van der Waals surface area contributed by atoms with Crippen LogP contribution in [0.5, 0.6) is 11.5 Å². The van der Waals surface area contributed by atoms with Crippen LogP contribution in [0.25, 0.3) is 0 Å². The number of rotatable bonds is 7. The standard InChI is InChI=1S/C23H20ClNO4/c1-16(20-9-5-6-10-21(20)24)25-22(26)15-28-23(27)17-11-13-19(14-12-17)29-18-7-3-2-4-8-18/h2-14,16H,15H2,1H3,(H,25,26)/t16-/m1/s1. The minimum Gasteiger partial charge on any atom is -0.457 e. The lowest BCUT2D eigenvalue weighted by Crippen LogP contribution is -2.31. The number of para-hydroxylation sites is 1. The molecule has 0 fully saturated rings. The van der Waals surface area contributed by atoms with E-state index >= 15 is 0 Å². The van der Waals surface area contributed by atoms with Crippen molar-refractivity contribution in [1.82, 2.24) is 5.32 Å². The third-order valence-corrected chi connectivity index (χ3v) is 4.50. The molecule has 0 unspecified atom stereocenters. The van der Waals surface area contributed by atoms with Crippen LogP contribution in [-0.4, -0.2) is 18.5 Å². The van der Waals surface area contributed by atoms with Crippen molar-refractivity contribution in [1.29, 1.82) is 0 Å². The largest absolute Gasteiger partial charge is 0.457 e. The Kier molecular flexibility index (Phi) is 6.87. The van der Waals surface area contributed by atoms with Crippen LogP contribution in [0.1, 0.15) is 28.9 Å². The lowest BCUT2D eigenvalue weighted by Gasteiger charge is -2.15. The van der Waals surface area contributed by atoms with E-state index in [4.69, 9.17) is 21.1 Å². The molecular weight excluding hydrogens is 390 g/mol. The van der Waals surface area contributed by atoms with Crippen molar-refractivity contribution in [2.75, 3.05) is 6.61 Å².